The predicted molar refractivity (Wildman–Crippen MR) is 66.4 cm³/mol. The molecule has 86 valence electrons. The van der Waals surface area contributed by atoms with E-state index in [0.717, 1.165) is 9.35 Å². The van der Waals surface area contributed by atoms with Crippen LogP contribution in [0, 0.1) is 0 Å². The molecule has 0 saturated heterocycles. The van der Waals surface area contributed by atoms with Crippen molar-refractivity contribution < 1.29 is 8.42 Å². The van der Waals surface area contributed by atoms with E-state index < -0.39 is 9.84 Å². The molecule has 0 amide bonds. The van der Waals surface area contributed by atoms with Crippen molar-refractivity contribution in [3.05, 3.63) is 20.8 Å². The van der Waals surface area contributed by atoms with Crippen LogP contribution in [-0.4, -0.2) is 20.4 Å². The minimum absolute atomic E-state index is 0.109. The van der Waals surface area contributed by atoms with Crippen LogP contribution in [0.1, 0.15) is 18.0 Å². The molecule has 0 fully saturated rings. The largest absolute Gasteiger partial charge is 0.271 e. The van der Waals surface area contributed by atoms with Gasteiger partial charge in [-0.25, -0.2) is 8.42 Å². The van der Waals surface area contributed by atoms with Crippen LogP contribution in [0.4, 0.5) is 0 Å². The molecule has 15 heavy (non-hydrogen) atoms. The molecule has 1 aromatic heterocycles. The molecular formula is C8H13BrN2O2S2. The Kier molecular flexibility index (Phi) is 4.72. The number of thiophene rings is 1. The monoisotopic (exact) mass is 312 g/mol. The molecule has 1 rings (SSSR count). The van der Waals surface area contributed by atoms with Gasteiger partial charge in [-0.3, -0.25) is 11.3 Å². The highest BCUT2D eigenvalue weighted by atomic mass is 79.9. The van der Waals surface area contributed by atoms with Gasteiger partial charge in [0.2, 0.25) is 0 Å². The van der Waals surface area contributed by atoms with Crippen molar-refractivity contribution in [3.8, 4) is 0 Å². The first-order valence-corrected chi connectivity index (χ1v) is 8.03. The Hall–Kier alpha value is 0.0500. The van der Waals surface area contributed by atoms with E-state index in [0.29, 0.717) is 6.42 Å². The first kappa shape index (κ1) is 13.1. The standard InChI is InChI=1S/C8H13BrN2O2S2/c1-15(12,13)3-2-7(11-10)6-4-8(9)14-5-6/h4-5,7,11H,2-3,10H2,1H3. The SMILES string of the molecule is CS(=O)(=O)CCC(NN)c1csc(Br)c1. The van der Waals surface area contributed by atoms with Crippen molar-refractivity contribution in [1.29, 1.82) is 0 Å². The molecule has 0 aliphatic heterocycles. The second kappa shape index (κ2) is 5.40. The van der Waals surface area contributed by atoms with Gasteiger partial charge >= 0.3 is 0 Å². The van der Waals surface area contributed by atoms with Gasteiger partial charge in [-0.2, -0.15) is 0 Å². The Bertz CT molecular complexity index is 416. The first-order chi connectivity index (χ1) is 6.92. The number of sulfone groups is 1. The van der Waals surface area contributed by atoms with Gasteiger partial charge in [0, 0.05) is 12.3 Å². The lowest BCUT2D eigenvalue weighted by atomic mass is 10.1. The van der Waals surface area contributed by atoms with Crippen molar-refractivity contribution in [2.45, 2.75) is 12.5 Å². The van der Waals surface area contributed by atoms with Gasteiger partial charge in [0.1, 0.15) is 9.84 Å². The zero-order valence-electron chi connectivity index (χ0n) is 8.23. The summed E-state index contributed by atoms with van der Waals surface area (Å²) in [5, 5.41) is 1.96. The summed E-state index contributed by atoms with van der Waals surface area (Å²) in [6.45, 7) is 0. The number of rotatable bonds is 5. The average molecular weight is 313 g/mol. The molecule has 0 bridgehead atoms. The zero-order chi connectivity index (χ0) is 11.5. The lowest BCUT2D eigenvalue weighted by Crippen LogP contribution is -2.29. The van der Waals surface area contributed by atoms with Gasteiger partial charge in [-0.1, -0.05) is 0 Å². The highest BCUT2D eigenvalue weighted by Gasteiger charge is 2.14. The van der Waals surface area contributed by atoms with Gasteiger partial charge in [0.15, 0.2) is 0 Å². The van der Waals surface area contributed by atoms with Crippen molar-refractivity contribution in [2.75, 3.05) is 12.0 Å². The topological polar surface area (TPSA) is 72.2 Å². The van der Waals surface area contributed by atoms with Crippen LogP contribution in [-0.2, 0) is 9.84 Å². The number of nitrogens with two attached hydrogens (primary N) is 1. The molecule has 1 unspecified atom stereocenters. The predicted octanol–water partition coefficient (Wildman–Crippen LogP) is 1.45. The van der Waals surface area contributed by atoms with Gasteiger partial charge in [-0.05, 0) is 39.4 Å². The summed E-state index contributed by atoms with van der Waals surface area (Å²) in [4.78, 5) is 0. The van der Waals surface area contributed by atoms with E-state index in [1.54, 1.807) is 11.3 Å². The van der Waals surface area contributed by atoms with Crippen molar-refractivity contribution in [3.63, 3.8) is 0 Å². The highest BCUT2D eigenvalue weighted by molar-refractivity contribution is 9.11. The van der Waals surface area contributed by atoms with E-state index >= 15 is 0 Å². The summed E-state index contributed by atoms with van der Waals surface area (Å²) < 4.78 is 23.0. The summed E-state index contributed by atoms with van der Waals surface area (Å²) in [7, 11) is -2.93. The molecule has 1 atom stereocenters. The molecule has 4 nitrogen and oxygen atoms in total. The number of hydrazine groups is 1. The molecule has 0 aliphatic carbocycles. The van der Waals surface area contributed by atoms with Crippen LogP contribution in [0.25, 0.3) is 0 Å². The molecule has 0 radical (unpaired) electrons. The Morgan fingerprint density at radius 3 is 2.73 bits per heavy atom. The molecule has 0 spiro atoms. The Balaban J connectivity index is 2.65. The van der Waals surface area contributed by atoms with Gasteiger partial charge < -0.3 is 0 Å². The average Bonchev–Trinajstić information content (AvgIpc) is 2.51. The number of hydrogen-bond donors (Lipinski definition) is 2. The minimum Gasteiger partial charge on any atom is -0.271 e. The van der Waals surface area contributed by atoms with Gasteiger partial charge in [0.25, 0.3) is 0 Å². The first-order valence-electron chi connectivity index (χ1n) is 4.30. The van der Waals surface area contributed by atoms with Crippen LogP contribution < -0.4 is 11.3 Å². The van der Waals surface area contributed by atoms with E-state index in [2.05, 4.69) is 21.4 Å². The normalized spacial score (nSPS) is 14.1. The van der Waals surface area contributed by atoms with Gasteiger partial charge in [-0.15, -0.1) is 11.3 Å². The van der Waals surface area contributed by atoms with E-state index in [-0.39, 0.29) is 11.8 Å². The highest BCUT2D eigenvalue weighted by Crippen LogP contribution is 2.26. The third-order valence-electron chi connectivity index (χ3n) is 1.97. The molecule has 1 heterocycles. The van der Waals surface area contributed by atoms with Crippen LogP contribution in [0.3, 0.4) is 0 Å². The number of halogens is 1. The van der Waals surface area contributed by atoms with Crippen molar-refractivity contribution in [2.24, 2.45) is 5.84 Å². The Morgan fingerprint density at radius 2 is 2.33 bits per heavy atom. The van der Waals surface area contributed by atoms with E-state index in [1.165, 1.54) is 6.26 Å². The molecule has 0 saturated carbocycles. The second-order valence-corrected chi connectivity index (χ2v) is 7.87. The molecule has 7 heteroatoms. The molecule has 1 aromatic rings. The van der Waals surface area contributed by atoms with Gasteiger partial charge in [0.05, 0.1) is 9.54 Å². The fraction of sp³-hybridized carbons (Fsp3) is 0.500. The maximum absolute atomic E-state index is 11.0. The van der Waals surface area contributed by atoms with Crippen LogP contribution in [0.15, 0.2) is 15.2 Å². The zero-order valence-corrected chi connectivity index (χ0v) is 11.5. The van der Waals surface area contributed by atoms with Crippen LogP contribution in [0.5, 0.6) is 0 Å². The lowest BCUT2D eigenvalue weighted by Gasteiger charge is -2.13. The fourth-order valence-electron chi connectivity index (χ4n) is 1.18. The third-order valence-corrected chi connectivity index (χ3v) is 4.47. The Morgan fingerprint density at radius 1 is 1.67 bits per heavy atom. The maximum atomic E-state index is 11.0. The lowest BCUT2D eigenvalue weighted by molar-refractivity contribution is 0.532. The van der Waals surface area contributed by atoms with E-state index in [9.17, 15) is 8.42 Å². The second-order valence-electron chi connectivity index (χ2n) is 3.32. The summed E-state index contributed by atoms with van der Waals surface area (Å²) in [6, 6.07) is 1.83. The fourth-order valence-corrected chi connectivity index (χ4v) is 3.08. The third kappa shape index (κ3) is 4.60. The van der Waals surface area contributed by atoms with E-state index in [1.807, 2.05) is 11.4 Å². The summed E-state index contributed by atoms with van der Waals surface area (Å²) in [5.74, 6) is 5.52. The van der Waals surface area contributed by atoms with Crippen molar-refractivity contribution >= 4 is 37.1 Å². The Labute approximate surface area is 102 Å². The van der Waals surface area contributed by atoms with Crippen LogP contribution in [0.2, 0.25) is 0 Å². The summed E-state index contributed by atoms with van der Waals surface area (Å²) in [5.41, 5.74) is 3.64. The summed E-state index contributed by atoms with van der Waals surface area (Å²) >= 11 is 4.91. The number of nitrogens with one attached hydrogen (secondary N) is 1. The molecule has 3 N–H and O–H groups in total. The molecule has 0 aromatic carbocycles. The molecular weight excluding hydrogens is 300 g/mol. The quantitative estimate of drug-likeness (QED) is 0.637. The van der Waals surface area contributed by atoms with Crippen LogP contribution >= 0.6 is 27.3 Å². The molecule has 0 aliphatic rings. The number of hydrogen-bond acceptors (Lipinski definition) is 5. The smallest absolute Gasteiger partial charge is 0.147 e. The van der Waals surface area contributed by atoms with Crippen molar-refractivity contribution in [1.82, 2.24) is 5.43 Å². The summed E-state index contributed by atoms with van der Waals surface area (Å²) in [6.07, 6.45) is 1.71. The minimum atomic E-state index is -2.93. The maximum Gasteiger partial charge on any atom is 0.147 e. The van der Waals surface area contributed by atoms with E-state index in [4.69, 9.17) is 5.84 Å².